The summed E-state index contributed by atoms with van der Waals surface area (Å²) in [4.78, 5) is 27.9. The number of aromatic amines is 1. The van der Waals surface area contributed by atoms with Crippen LogP contribution < -0.4 is 5.32 Å². The molecule has 0 fully saturated rings. The first-order valence-corrected chi connectivity index (χ1v) is 13.8. The molecule has 3 aromatic carbocycles. The molecule has 44 heavy (non-hydrogen) atoms. The second-order valence-corrected chi connectivity index (χ2v) is 11.0. The molecule has 1 amide bonds. The van der Waals surface area contributed by atoms with Crippen LogP contribution in [-0.2, 0) is 21.4 Å². The van der Waals surface area contributed by atoms with E-state index < -0.39 is 53.4 Å². The van der Waals surface area contributed by atoms with Crippen LogP contribution in [-0.4, -0.2) is 73.9 Å². The van der Waals surface area contributed by atoms with Crippen molar-refractivity contribution in [1.29, 1.82) is 0 Å². The summed E-state index contributed by atoms with van der Waals surface area (Å²) in [5.74, 6) is -3.26. The minimum atomic E-state index is -1.31. The topological polar surface area (TPSA) is 123 Å². The van der Waals surface area contributed by atoms with E-state index in [1.807, 2.05) is 0 Å². The number of aromatic nitrogens is 1. The quantitative estimate of drug-likeness (QED) is 0.133. The zero-order chi connectivity index (χ0) is 31.3. The number of hydrogen-bond donors (Lipinski definition) is 5. The van der Waals surface area contributed by atoms with Crippen LogP contribution in [0.4, 0.5) is 18.9 Å². The maximum atomic E-state index is 14.4. The number of rotatable bonds is 12. The number of hydrogen-bond acceptors (Lipinski definition) is 4. The number of carboxylic acid groups (broad SMARTS) is 1. The Labute approximate surface area is 275 Å². The SMILES string of the molecule is CC(C)(C(=O)Nc1ccccc1F)c1[nH]c(CC[C@@H](O)C[C@@H](O)CC(=O)O)c(-c2ccc(F)cc2)c1-c1ccc(F)cc1.[NaH]. The molecule has 0 saturated carbocycles. The van der Waals surface area contributed by atoms with Gasteiger partial charge in [0.1, 0.15) is 17.5 Å². The van der Waals surface area contributed by atoms with Gasteiger partial charge in [0.25, 0.3) is 0 Å². The van der Waals surface area contributed by atoms with Crippen LogP contribution in [0.1, 0.15) is 44.5 Å². The van der Waals surface area contributed by atoms with Gasteiger partial charge in [0, 0.05) is 22.5 Å². The van der Waals surface area contributed by atoms with Crippen molar-refractivity contribution in [3.8, 4) is 22.3 Å². The Kier molecular flexibility index (Phi) is 12.0. The number of H-pyrrole nitrogens is 1. The zero-order valence-corrected chi connectivity index (χ0v) is 23.7. The molecule has 0 radical (unpaired) electrons. The third-order valence-electron chi connectivity index (χ3n) is 7.34. The third-order valence-corrected chi connectivity index (χ3v) is 7.34. The summed E-state index contributed by atoms with van der Waals surface area (Å²) < 4.78 is 42.3. The second-order valence-electron chi connectivity index (χ2n) is 11.0. The number of anilines is 1. The maximum absolute atomic E-state index is 14.4. The van der Waals surface area contributed by atoms with Gasteiger partial charge >= 0.3 is 35.5 Å². The zero-order valence-electron chi connectivity index (χ0n) is 23.7. The van der Waals surface area contributed by atoms with Crippen LogP contribution in [0.25, 0.3) is 22.3 Å². The van der Waals surface area contributed by atoms with Crippen molar-refractivity contribution in [2.75, 3.05) is 5.32 Å². The predicted octanol–water partition coefficient (Wildman–Crippen LogP) is 5.55. The fraction of sp³-hybridized carbons (Fsp3) is 0.273. The molecule has 0 aliphatic carbocycles. The molecule has 0 bridgehead atoms. The molecule has 0 saturated heterocycles. The van der Waals surface area contributed by atoms with Crippen molar-refractivity contribution in [2.45, 2.75) is 57.2 Å². The molecule has 4 rings (SSSR count). The number of aliphatic hydroxyl groups is 2. The summed E-state index contributed by atoms with van der Waals surface area (Å²) in [5.41, 5.74) is 1.95. The van der Waals surface area contributed by atoms with E-state index in [4.69, 9.17) is 5.11 Å². The molecule has 7 nitrogen and oxygen atoms in total. The Morgan fingerprint density at radius 2 is 1.39 bits per heavy atom. The molecule has 0 spiro atoms. The summed E-state index contributed by atoms with van der Waals surface area (Å²) in [6.45, 7) is 3.30. The molecule has 228 valence electrons. The van der Waals surface area contributed by atoms with E-state index >= 15 is 0 Å². The molecule has 0 unspecified atom stereocenters. The standard InChI is InChI=1S/C33H33F3N2O5.Na.H/c1-33(2,32(43)38-26-6-4-3-5-25(26)36)31-30(20-9-13-22(35)14-10-20)29(19-7-11-21(34)12-8-19)27(37-31)16-15-23(39)17-24(40)18-28(41)42;;/h3-14,23-24,37,39-40H,15-18H2,1-2H3,(H,38,43)(H,41,42);;/t23-,24-;;/m1../s1. The second kappa shape index (κ2) is 15.0. The van der Waals surface area contributed by atoms with Crippen molar-refractivity contribution < 1.29 is 38.1 Å². The first-order valence-electron chi connectivity index (χ1n) is 13.8. The van der Waals surface area contributed by atoms with Crippen molar-refractivity contribution in [3.05, 3.63) is 102 Å². The molecule has 4 aromatic rings. The summed E-state index contributed by atoms with van der Waals surface area (Å²) >= 11 is 0. The number of para-hydroxylation sites is 1. The minimum absolute atomic E-state index is 0. The van der Waals surface area contributed by atoms with E-state index in [1.165, 1.54) is 42.5 Å². The summed E-state index contributed by atoms with van der Waals surface area (Å²) in [5, 5.41) is 32.1. The molecule has 1 heterocycles. The number of nitrogens with one attached hydrogen (secondary N) is 2. The Morgan fingerprint density at radius 1 is 0.841 bits per heavy atom. The summed E-state index contributed by atoms with van der Waals surface area (Å²) in [7, 11) is 0. The number of carboxylic acids is 1. The van der Waals surface area contributed by atoms with Crippen molar-refractivity contribution in [2.24, 2.45) is 0 Å². The van der Waals surface area contributed by atoms with Crippen LogP contribution in [0.2, 0.25) is 0 Å². The van der Waals surface area contributed by atoms with Crippen LogP contribution in [0, 0.1) is 17.5 Å². The number of aliphatic carboxylic acids is 1. The Hall–Kier alpha value is -3.41. The number of halogens is 3. The first-order chi connectivity index (χ1) is 20.4. The van der Waals surface area contributed by atoms with Gasteiger partial charge in [-0.15, -0.1) is 0 Å². The number of benzene rings is 3. The van der Waals surface area contributed by atoms with Gasteiger partial charge < -0.3 is 25.6 Å². The molecular formula is C33H34F3N2NaO5. The van der Waals surface area contributed by atoms with E-state index in [-0.39, 0.29) is 54.5 Å². The van der Waals surface area contributed by atoms with Crippen LogP contribution in [0.3, 0.4) is 0 Å². The van der Waals surface area contributed by atoms with Gasteiger partial charge in [-0.1, -0.05) is 36.4 Å². The molecule has 2 atom stereocenters. The molecule has 1 aromatic heterocycles. The first kappa shape index (κ1) is 35.1. The van der Waals surface area contributed by atoms with Gasteiger partial charge in [0.15, 0.2) is 0 Å². The number of aryl methyl sites for hydroxylation is 1. The molecule has 11 heteroatoms. The van der Waals surface area contributed by atoms with Crippen LogP contribution >= 0.6 is 0 Å². The van der Waals surface area contributed by atoms with Gasteiger partial charge in [-0.05, 0) is 80.6 Å². The summed E-state index contributed by atoms with van der Waals surface area (Å²) in [6, 6.07) is 17.1. The van der Waals surface area contributed by atoms with Gasteiger partial charge in [0.05, 0.1) is 29.7 Å². The molecule has 5 N–H and O–H groups in total. The van der Waals surface area contributed by atoms with E-state index in [0.717, 1.165) is 0 Å². The van der Waals surface area contributed by atoms with Gasteiger partial charge in [-0.3, -0.25) is 9.59 Å². The number of carbonyl (C=O) groups excluding carboxylic acids is 1. The number of amides is 1. The van der Waals surface area contributed by atoms with Gasteiger partial charge in [0.2, 0.25) is 5.91 Å². The van der Waals surface area contributed by atoms with Gasteiger partial charge in [-0.25, -0.2) is 13.2 Å². The van der Waals surface area contributed by atoms with Gasteiger partial charge in [-0.2, -0.15) is 0 Å². The van der Waals surface area contributed by atoms with E-state index in [1.54, 1.807) is 44.2 Å². The number of carbonyl (C=O) groups is 2. The normalized spacial score (nSPS) is 12.7. The Morgan fingerprint density at radius 3 is 1.93 bits per heavy atom. The monoisotopic (exact) mass is 618 g/mol. The fourth-order valence-electron chi connectivity index (χ4n) is 5.03. The fourth-order valence-corrected chi connectivity index (χ4v) is 5.03. The van der Waals surface area contributed by atoms with E-state index in [2.05, 4.69) is 10.3 Å². The van der Waals surface area contributed by atoms with Crippen molar-refractivity contribution in [1.82, 2.24) is 4.98 Å². The molecular weight excluding hydrogens is 584 g/mol. The third kappa shape index (κ3) is 8.40. The summed E-state index contributed by atoms with van der Waals surface area (Å²) in [6.07, 6.45) is -2.63. The Balaban J connectivity index is 0.00000529. The van der Waals surface area contributed by atoms with Crippen molar-refractivity contribution >= 4 is 47.1 Å². The predicted molar refractivity (Wildman–Crippen MR) is 164 cm³/mol. The van der Waals surface area contributed by atoms with Crippen molar-refractivity contribution in [3.63, 3.8) is 0 Å². The van der Waals surface area contributed by atoms with E-state index in [9.17, 15) is 33.0 Å². The Bertz CT molecular complexity index is 1590. The average molecular weight is 619 g/mol. The molecule has 0 aliphatic heterocycles. The van der Waals surface area contributed by atoms with Crippen LogP contribution in [0.5, 0.6) is 0 Å². The molecule has 0 aliphatic rings. The van der Waals surface area contributed by atoms with Crippen LogP contribution in [0.15, 0.2) is 72.8 Å². The van der Waals surface area contributed by atoms with E-state index in [0.29, 0.717) is 33.6 Å². The average Bonchev–Trinajstić information content (AvgIpc) is 3.33. The number of aliphatic hydroxyl groups excluding tert-OH is 2.